The van der Waals surface area contributed by atoms with Crippen LogP contribution >= 0.6 is 0 Å². The summed E-state index contributed by atoms with van der Waals surface area (Å²) in [4.78, 5) is 0. The summed E-state index contributed by atoms with van der Waals surface area (Å²) in [6.45, 7) is 6.61. The molecule has 1 atom stereocenters. The van der Waals surface area contributed by atoms with Crippen LogP contribution < -0.4 is 11.2 Å². The molecule has 3 N–H and O–H groups in total. The lowest BCUT2D eigenvalue weighted by atomic mass is 9.77. The van der Waals surface area contributed by atoms with Crippen LogP contribution in [-0.2, 0) is 0 Å². The highest BCUT2D eigenvalue weighted by Crippen LogP contribution is 2.31. The van der Waals surface area contributed by atoms with E-state index in [0.717, 1.165) is 23.4 Å². The molecule has 0 saturated carbocycles. The highest BCUT2D eigenvalue weighted by molar-refractivity contribution is 6.05. The van der Waals surface area contributed by atoms with Gasteiger partial charge in [0.05, 0.1) is 5.71 Å². The van der Waals surface area contributed by atoms with Crippen LogP contribution in [0.5, 0.6) is 0 Å². The van der Waals surface area contributed by atoms with Crippen molar-refractivity contribution in [2.24, 2.45) is 10.5 Å². The second-order valence-electron chi connectivity index (χ2n) is 5.20. The fourth-order valence-electron chi connectivity index (χ4n) is 2.38. The Morgan fingerprint density at radius 3 is 2.81 bits per heavy atom. The van der Waals surface area contributed by atoms with E-state index in [9.17, 15) is 0 Å². The van der Waals surface area contributed by atoms with Gasteiger partial charge in [0.15, 0.2) is 0 Å². The van der Waals surface area contributed by atoms with E-state index < -0.39 is 0 Å². The first-order chi connectivity index (χ1) is 7.49. The number of nitrogens with one attached hydrogen (secondary N) is 1. The zero-order valence-corrected chi connectivity index (χ0v) is 10.1. The van der Waals surface area contributed by atoms with Crippen molar-refractivity contribution in [1.29, 1.82) is 0 Å². The lowest BCUT2D eigenvalue weighted by Crippen LogP contribution is -2.40. The molecule has 1 aliphatic heterocycles. The molecule has 0 spiro atoms. The average Bonchev–Trinajstić information content (AvgIpc) is 2.15. The molecule has 3 nitrogen and oxygen atoms in total. The Hall–Kier alpha value is -1.51. The zero-order chi connectivity index (χ0) is 11.8. The van der Waals surface area contributed by atoms with Crippen LogP contribution in [-0.4, -0.2) is 11.8 Å². The van der Waals surface area contributed by atoms with Gasteiger partial charge in [0.2, 0.25) is 0 Å². The molecule has 16 heavy (non-hydrogen) atoms. The van der Waals surface area contributed by atoms with Gasteiger partial charge in [-0.2, -0.15) is 5.10 Å². The van der Waals surface area contributed by atoms with Crippen LogP contribution in [0.3, 0.4) is 0 Å². The molecule has 2 rings (SSSR count). The maximum atomic E-state index is 5.81. The number of hydrogen-bond donors (Lipinski definition) is 2. The van der Waals surface area contributed by atoms with Gasteiger partial charge in [-0.3, -0.25) is 0 Å². The molecule has 86 valence electrons. The smallest absolute Gasteiger partial charge is 0.0732 e. The number of hydrogen-bond acceptors (Lipinski definition) is 3. The summed E-state index contributed by atoms with van der Waals surface area (Å²) in [5.41, 5.74) is 12.1. The fourth-order valence-corrected chi connectivity index (χ4v) is 2.38. The molecule has 1 aliphatic rings. The van der Waals surface area contributed by atoms with E-state index in [4.69, 9.17) is 5.73 Å². The summed E-state index contributed by atoms with van der Waals surface area (Å²) in [5.74, 6) is 0. The molecule has 0 aromatic heterocycles. The highest BCUT2D eigenvalue weighted by atomic mass is 15.3. The van der Waals surface area contributed by atoms with E-state index in [1.54, 1.807) is 0 Å². The molecule has 1 aromatic rings. The van der Waals surface area contributed by atoms with Gasteiger partial charge >= 0.3 is 0 Å². The quantitative estimate of drug-likeness (QED) is 0.710. The number of nitrogen functional groups attached to an aromatic ring is 1. The standard InChI is InChI=1S/C13H19N3/c1-9-8-13(2,3)12(16-15-9)10-5-4-6-11(14)7-10/h4-7,9,15H,8,14H2,1-3H3. The Morgan fingerprint density at radius 1 is 1.44 bits per heavy atom. The number of nitrogens with zero attached hydrogens (tertiary/aromatic N) is 1. The Balaban J connectivity index is 2.40. The van der Waals surface area contributed by atoms with Crippen LogP contribution in [0, 0.1) is 5.41 Å². The molecule has 3 heteroatoms. The van der Waals surface area contributed by atoms with Crippen molar-refractivity contribution in [2.45, 2.75) is 33.2 Å². The first-order valence-electron chi connectivity index (χ1n) is 5.69. The van der Waals surface area contributed by atoms with E-state index in [0.29, 0.717) is 6.04 Å². The second-order valence-corrected chi connectivity index (χ2v) is 5.20. The summed E-state index contributed by atoms with van der Waals surface area (Å²) >= 11 is 0. The second kappa shape index (κ2) is 3.81. The Bertz CT molecular complexity index is 421. The van der Waals surface area contributed by atoms with Crippen molar-refractivity contribution in [3.05, 3.63) is 29.8 Å². The minimum Gasteiger partial charge on any atom is -0.399 e. The van der Waals surface area contributed by atoms with Crippen LogP contribution in [0.15, 0.2) is 29.4 Å². The monoisotopic (exact) mass is 217 g/mol. The molecule has 0 fully saturated rings. The van der Waals surface area contributed by atoms with Crippen LogP contribution in [0.1, 0.15) is 32.8 Å². The van der Waals surface area contributed by atoms with Gasteiger partial charge in [-0.25, -0.2) is 0 Å². The first kappa shape index (κ1) is 11.0. The number of anilines is 1. The third kappa shape index (κ3) is 2.03. The fraction of sp³-hybridized carbons (Fsp3) is 0.462. The van der Waals surface area contributed by atoms with Gasteiger partial charge in [0.1, 0.15) is 0 Å². The van der Waals surface area contributed by atoms with Gasteiger partial charge in [-0.05, 0) is 25.5 Å². The molecule has 0 radical (unpaired) electrons. The van der Waals surface area contributed by atoms with Crippen LogP contribution in [0.2, 0.25) is 0 Å². The molecule has 0 amide bonds. The predicted octanol–water partition coefficient (Wildman–Crippen LogP) is 2.38. The van der Waals surface area contributed by atoms with Gasteiger partial charge < -0.3 is 11.2 Å². The van der Waals surface area contributed by atoms with Gasteiger partial charge in [0, 0.05) is 22.7 Å². The van der Waals surface area contributed by atoms with Crippen LogP contribution in [0.25, 0.3) is 0 Å². The Kier molecular flexibility index (Phi) is 2.62. The van der Waals surface area contributed by atoms with Crippen molar-refractivity contribution in [1.82, 2.24) is 5.43 Å². The molecular weight excluding hydrogens is 198 g/mol. The van der Waals surface area contributed by atoms with Gasteiger partial charge in [0.25, 0.3) is 0 Å². The first-order valence-corrected chi connectivity index (χ1v) is 5.69. The molecule has 1 heterocycles. The highest BCUT2D eigenvalue weighted by Gasteiger charge is 2.31. The van der Waals surface area contributed by atoms with E-state index in [2.05, 4.69) is 37.4 Å². The summed E-state index contributed by atoms with van der Waals surface area (Å²) < 4.78 is 0. The zero-order valence-electron chi connectivity index (χ0n) is 10.1. The Morgan fingerprint density at radius 2 is 2.19 bits per heavy atom. The normalized spacial score (nSPS) is 23.4. The third-order valence-electron chi connectivity index (χ3n) is 3.01. The van der Waals surface area contributed by atoms with Crippen molar-refractivity contribution >= 4 is 11.4 Å². The molecule has 0 saturated heterocycles. The summed E-state index contributed by atoms with van der Waals surface area (Å²) in [7, 11) is 0. The molecular formula is C13H19N3. The van der Waals surface area contributed by atoms with Crippen molar-refractivity contribution in [3.63, 3.8) is 0 Å². The Labute approximate surface area is 96.7 Å². The number of hydrazone groups is 1. The summed E-state index contributed by atoms with van der Waals surface area (Å²) in [6, 6.07) is 8.35. The minimum absolute atomic E-state index is 0.0957. The van der Waals surface area contributed by atoms with E-state index >= 15 is 0 Å². The maximum Gasteiger partial charge on any atom is 0.0732 e. The van der Waals surface area contributed by atoms with Crippen molar-refractivity contribution in [3.8, 4) is 0 Å². The molecule has 1 unspecified atom stereocenters. The lowest BCUT2D eigenvalue weighted by molar-refractivity contribution is 0.360. The largest absolute Gasteiger partial charge is 0.399 e. The van der Waals surface area contributed by atoms with E-state index in [-0.39, 0.29) is 5.41 Å². The SMILES string of the molecule is CC1CC(C)(C)C(c2cccc(N)c2)=NN1. The summed E-state index contributed by atoms with van der Waals surface area (Å²) in [6.07, 6.45) is 1.08. The lowest BCUT2D eigenvalue weighted by Gasteiger charge is -2.34. The maximum absolute atomic E-state index is 5.81. The topological polar surface area (TPSA) is 50.4 Å². The van der Waals surface area contributed by atoms with Crippen LogP contribution in [0.4, 0.5) is 5.69 Å². The third-order valence-corrected chi connectivity index (χ3v) is 3.01. The average molecular weight is 217 g/mol. The molecule has 0 aliphatic carbocycles. The number of nitrogens with two attached hydrogens (primary N) is 1. The van der Waals surface area contributed by atoms with Crippen molar-refractivity contribution < 1.29 is 0 Å². The van der Waals surface area contributed by atoms with E-state index in [1.165, 1.54) is 0 Å². The summed E-state index contributed by atoms with van der Waals surface area (Å²) in [5, 5.41) is 4.49. The van der Waals surface area contributed by atoms with Gasteiger partial charge in [-0.15, -0.1) is 0 Å². The number of benzene rings is 1. The number of rotatable bonds is 1. The van der Waals surface area contributed by atoms with Gasteiger partial charge in [-0.1, -0.05) is 26.0 Å². The molecule has 1 aromatic carbocycles. The predicted molar refractivity (Wildman–Crippen MR) is 68.4 cm³/mol. The minimum atomic E-state index is 0.0957. The molecule has 0 bridgehead atoms. The van der Waals surface area contributed by atoms with E-state index in [1.807, 2.05) is 18.2 Å². The van der Waals surface area contributed by atoms with Crippen molar-refractivity contribution in [2.75, 3.05) is 5.73 Å².